The molecule has 2 rings (SSSR count). The first-order valence-electron chi connectivity index (χ1n) is 5.24. The summed E-state index contributed by atoms with van der Waals surface area (Å²) in [6.45, 7) is 0.818. The average Bonchev–Trinajstić information content (AvgIpc) is 2.73. The van der Waals surface area contributed by atoms with Gasteiger partial charge in [0.1, 0.15) is 0 Å². The number of aromatic nitrogens is 4. The Morgan fingerprint density at radius 1 is 1.31 bits per heavy atom. The van der Waals surface area contributed by atoms with Gasteiger partial charge in [0.2, 0.25) is 0 Å². The van der Waals surface area contributed by atoms with Gasteiger partial charge in [-0.1, -0.05) is 30.3 Å². The van der Waals surface area contributed by atoms with Crippen molar-refractivity contribution < 1.29 is 0 Å². The van der Waals surface area contributed by atoms with Crippen molar-refractivity contribution >= 4 is 0 Å². The fourth-order valence-corrected chi connectivity index (χ4v) is 1.78. The van der Waals surface area contributed by atoms with Crippen molar-refractivity contribution in [2.45, 2.75) is 5.92 Å². The molecule has 0 aliphatic heterocycles. The smallest absolute Gasteiger partial charge is 0.159 e. The molecule has 84 valence electrons. The Hall–Kier alpha value is -1.75. The second kappa shape index (κ2) is 4.85. The Balaban J connectivity index is 2.35. The van der Waals surface area contributed by atoms with E-state index in [0.29, 0.717) is 0 Å². The van der Waals surface area contributed by atoms with Crippen LogP contribution >= 0.6 is 0 Å². The van der Waals surface area contributed by atoms with E-state index in [0.717, 1.165) is 12.4 Å². The van der Waals surface area contributed by atoms with Crippen molar-refractivity contribution in [1.82, 2.24) is 25.5 Å². The second-order valence-corrected chi connectivity index (χ2v) is 3.68. The second-order valence-electron chi connectivity index (χ2n) is 3.68. The summed E-state index contributed by atoms with van der Waals surface area (Å²) < 4.78 is 1.72. The maximum Gasteiger partial charge on any atom is 0.159 e. The van der Waals surface area contributed by atoms with Gasteiger partial charge in [0.25, 0.3) is 0 Å². The van der Waals surface area contributed by atoms with Crippen molar-refractivity contribution in [2.24, 2.45) is 7.05 Å². The Morgan fingerprint density at radius 3 is 2.62 bits per heavy atom. The van der Waals surface area contributed by atoms with Crippen molar-refractivity contribution in [1.29, 1.82) is 0 Å². The van der Waals surface area contributed by atoms with Crippen LogP contribution in [0.4, 0.5) is 0 Å². The molecule has 0 spiro atoms. The number of nitrogens with zero attached hydrogens (tertiary/aromatic N) is 4. The van der Waals surface area contributed by atoms with E-state index in [2.05, 4.69) is 33.0 Å². The number of benzene rings is 1. The summed E-state index contributed by atoms with van der Waals surface area (Å²) in [5.74, 6) is 1.06. The molecule has 1 N–H and O–H groups in total. The summed E-state index contributed by atoms with van der Waals surface area (Å²) >= 11 is 0. The molecule has 0 aliphatic carbocycles. The molecule has 1 unspecified atom stereocenters. The highest BCUT2D eigenvalue weighted by molar-refractivity contribution is 5.25. The third-order valence-electron chi connectivity index (χ3n) is 2.57. The van der Waals surface area contributed by atoms with Crippen molar-refractivity contribution in [2.75, 3.05) is 13.6 Å². The monoisotopic (exact) mass is 217 g/mol. The van der Waals surface area contributed by atoms with Crippen LogP contribution in [0.3, 0.4) is 0 Å². The highest BCUT2D eigenvalue weighted by Crippen LogP contribution is 2.20. The zero-order chi connectivity index (χ0) is 11.4. The summed E-state index contributed by atoms with van der Waals surface area (Å²) in [5, 5.41) is 14.8. The van der Waals surface area contributed by atoms with Crippen LogP contribution in [0.5, 0.6) is 0 Å². The van der Waals surface area contributed by atoms with Gasteiger partial charge < -0.3 is 5.32 Å². The van der Waals surface area contributed by atoms with Gasteiger partial charge in [-0.3, -0.25) is 0 Å². The highest BCUT2D eigenvalue weighted by atomic mass is 15.5. The van der Waals surface area contributed by atoms with Crippen LogP contribution < -0.4 is 5.32 Å². The van der Waals surface area contributed by atoms with Crippen LogP contribution in [-0.2, 0) is 7.05 Å². The van der Waals surface area contributed by atoms with E-state index >= 15 is 0 Å². The number of likely N-dealkylation sites (N-methyl/N-ethyl adjacent to an activating group) is 1. The number of aryl methyl sites for hydroxylation is 1. The van der Waals surface area contributed by atoms with Gasteiger partial charge >= 0.3 is 0 Å². The Bertz CT molecular complexity index is 437. The first kappa shape index (κ1) is 10.8. The third kappa shape index (κ3) is 2.09. The lowest BCUT2D eigenvalue weighted by Gasteiger charge is -2.14. The topological polar surface area (TPSA) is 55.6 Å². The van der Waals surface area contributed by atoms with Crippen molar-refractivity contribution in [3.63, 3.8) is 0 Å². The average molecular weight is 217 g/mol. The predicted molar refractivity (Wildman–Crippen MR) is 61.0 cm³/mol. The molecule has 0 fully saturated rings. The lowest BCUT2D eigenvalue weighted by molar-refractivity contribution is 0.611. The molecule has 1 atom stereocenters. The van der Waals surface area contributed by atoms with Gasteiger partial charge in [-0.15, -0.1) is 5.10 Å². The SMILES string of the molecule is CNCC(c1ccccc1)c1nnnn1C. The normalized spacial score (nSPS) is 12.6. The van der Waals surface area contributed by atoms with E-state index in [1.54, 1.807) is 4.68 Å². The summed E-state index contributed by atoms with van der Waals surface area (Å²) in [6.07, 6.45) is 0. The molecule has 0 radical (unpaired) electrons. The van der Waals surface area contributed by atoms with E-state index in [1.165, 1.54) is 5.56 Å². The van der Waals surface area contributed by atoms with E-state index in [4.69, 9.17) is 0 Å². The van der Waals surface area contributed by atoms with Crippen LogP contribution in [0.1, 0.15) is 17.3 Å². The minimum Gasteiger partial charge on any atom is -0.319 e. The standard InChI is InChI=1S/C11H15N5/c1-12-8-10(9-6-4-3-5-7-9)11-13-14-15-16(11)2/h3-7,10,12H,8H2,1-2H3. The Labute approximate surface area is 94.5 Å². The van der Waals surface area contributed by atoms with Gasteiger partial charge in [0.15, 0.2) is 5.82 Å². The summed E-state index contributed by atoms with van der Waals surface area (Å²) in [4.78, 5) is 0. The van der Waals surface area contributed by atoms with Crippen molar-refractivity contribution in [3.05, 3.63) is 41.7 Å². The van der Waals surface area contributed by atoms with E-state index in [1.807, 2.05) is 32.3 Å². The molecule has 0 bridgehead atoms. The van der Waals surface area contributed by atoms with Crippen LogP contribution in [0.15, 0.2) is 30.3 Å². The molecule has 5 nitrogen and oxygen atoms in total. The molecular weight excluding hydrogens is 202 g/mol. The van der Waals surface area contributed by atoms with E-state index in [9.17, 15) is 0 Å². The number of hydrogen-bond donors (Lipinski definition) is 1. The Kier molecular flexibility index (Phi) is 3.26. The number of tetrazole rings is 1. The lowest BCUT2D eigenvalue weighted by atomic mass is 9.98. The van der Waals surface area contributed by atoms with Gasteiger partial charge in [0.05, 0.1) is 5.92 Å². The van der Waals surface area contributed by atoms with Gasteiger partial charge in [-0.25, -0.2) is 4.68 Å². The van der Waals surface area contributed by atoms with Crippen LogP contribution in [0.25, 0.3) is 0 Å². The van der Waals surface area contributed by atoms with Gasteiger partial charge in [-0.2, -0.15) is 0 Å². The highest BCUT2D eigenvalue weighted by Gasteiger charge is 2.18. The molecule has 0 amide bonds. The molecule has 0 aliphatic rings. The molecule has 1 heterocycles. The Morgan fingerprint density at radius 2 is 2.06 bits per heavy atom. The maximum absolute atomic E-state index is 4.07. The summed E-state index contributed by atoms with van der Waals surface area (Å²) in [7, 11) is 3.79. The molecule has 1 aromatic heterocycles. The zero-order valence-electron chi connectivity index (χ0n) is 9.46. The van der Waals surface area contributed by atoms with Crippen LogP contribution in [-0.4, -0.2) is 33.8 Å². The van der Waals surface area contributed by atoms with Crippen LogP contribution in [0, 0.1) is 0 Å². The number of nitrogens with one attached hydrogen (secondary N) is 1. The largest absolute Gasteiger partial charge is 0.319 e. The first-order valence-corrected chi connectivity index (χ1v) is 5.24. The molecule has 16 heavy (non-hydrogen) atoms. The third-order valence-corrected chi connectivity index (χ3v) is 2.57. The molecule has 2 aromatic rings. The first-order chi connectivity index (χ1) is 7.83. The summed E-state index contributed by atoms with van der Waals surface area (Å²) in [6, 6.07) is 10.3. The van der Waals surface area contributed by atoms with Gasteiger partial charge in [0, 0.05) is 13.6 Å². The summed E-state index contributed by atoms with van der Waals surface area (Å²) in [5.41, 5.74) is 1.22. The van der Waals surface area contributed by atoms with E-state index in [-0.39, 0.29) is 5.92 Å². The molecular formula is C11H15N5. The minimum absolute atomic E-state index is 0.186. The molecule has 0 saturated heterocycles. The lowest BCUT2D eigenvalue weighted by Crippen LogP contribution is -2.21. The molecule has 1 aromatic carbocycles. The maximum atomic E-state index is 4.07. The number of rotatable bonds is 4. The fourth-order valence-electron chi connectivity index (χ4n) is 1.78. The number of hydrogen-bond acceptors (Lipinski definition) is 4. The zero-order valence-corrected chi connectivity index (χ0v) is 9.46. The van der Waals surface area contributed by atoms with Gasteiger partial charge in [-0.05, 0) is 23.0 Å². The molecule has 0 saturated carbocycles. The van der Waals surface area contributed by atoms with E-state index < -0.39 is 0 Å². The predicted octanol–water partition coefficient (Wildman–Crippen LogP) is 0.561. The molecule has 5 heteroatoms. The minimum atomic E-state index is 0.186. The fraction of sp³-hybridized carbons (Fsp3) is 0.364. The van der Waals surface area contributed by atoms with Crippen molar-refractivity contribution in [3.8, 4) is 0 Å². The quantitative estimate of drug-likeness (QED) is 0.813. The van der Waals surface area contributed by atoms with Crippen LogP contribution in [0.2, 0.25) is 0 Å².